The van der Waals surface area contributed by atoms with Crippen LogP contribution in [0.2, 0.25) is 0 Å². The molecule has 1 saturated heterocycles. The van der Waals surface area contributed by atoms with Crippen LogP contribution in [0.3, 0.4) is 0 Å². The molecule has 1 unspecified atom stereocenters. The average molecular weight is 721 g/mol. The molecule has 0 aromatic heterocycles. The van der Waals surface area contributed by atoms with E-state index >= 15 is 0 Å². The van der Waals surface area contributed by atoms with Crippen LogP contribution >= 0.6 is 0 Å². The molecule has 0 radical (unpaired) electrons. The molecule has 0 saturated carbocycles. The molecule has 4 aliphatic rings. The van der Waals surface area contributed by atoms with Crippen LogP contribution in [0.25, 0.3) is 0 Å². The van der Waals surface area contributed by atoms with Crippen molar-refractivity contribution >= 4 is 5.78 Å². The minimum Gasteiger partial charge on any atom is -0.507 e. The van der Waals surface area contributed by atoms with Gasteiger partial charge in [0, 0.05) is 47.2 Å². The number of phenolic OH excluding ortho intramolecular Hbond substituents is 6. The molecule has 4 aromatic carbocycles. The number of phenols is 6. The fourth-order valence-corrected chi connectivity index (χ4v) is 7.29. The number of aliphatic hydroxyl groups excluding tert-OH is 4. The number of hydrogen-bond donors (Lipinski definition) is 10. The average Bonchev–Trinajstić information content (AvgIpc) is 3.10. The van der Waals surface area contributed by atoms with Crippen molar-refractivity contribution in [3.05, 3.63) is 82.4 Å². The lowest BCUT2D eigenvalue weighted by Gasteiger charge is -2.47. The number of hydrogen-bond acceptors (Lipinski definition) is 16. The predicted molar refractivity (Wildman–Crippen MR) is 172 cm³/mol. The smallest absolute Gasteiger partial charge is 0.279 e. The number of benzene rings is 4. The van der Waals surface area contributed by atoms with E-state index < -0.39 is 89.7 Å². The van der Waals surface area contributed by atoms with Crippen LogP contribution in [-0.4, -0.2) is 94.2 Å². The predicted octanol–water partition coefficient (Wildman–Crippen LogP) is 1.97. The molecule has 272 valence electrons. The van der Waals surface area contributed by atoms with Crippen LogP contribution in [-0.2, 0) is 10.5 Å². The second kappa shape index (κ2) is 12.0. The largest absolute Gasteiger partial charge is 0.507 e. The molecule has 0 amide bonds. The number of carbonyl (C=O) groups is 1. The number of fused-ring (bicyclic) bond motifs is 8. The Morgan fingerprint density at radius 1 is 0.731 bits per heavy atom. The van der Waals surface area contributed by atoms with Gasteiger partial charge in [-0.15, -0.1) is 0 Å². The quantitative estimate of drug-likeness (QED) is 0.132. The highest BCUT2D eigenvalue weighted by Gasteiger charge is 2.54. The normalized spacial score (nSPS) is 28.7. The van der Waals surface area contributed by atoms with E-state index in [2.05, 4.69) is 0 Å². The van der Waals surface area contributed by atoms with Gasteiger partial charge in [-0.3, -0.25) is 4.79 Å². The van der Waals surface area contributed by atoms with Crippen LogP contribution in [0, 0.1) is 0 Å². The first kappa shape index (κ1) is 33.5. The molecule has 8 rings (SSSR count). The third kappa shape index (κ3) is 5.14. The van der Waals surface area contributed by atoms with Crippen molar-refractivity contribution in [1.29, 1.82) is 0 Å². The summed E-state index contributed by atoms with van der Waals surface area (Å²) < 4.78 is 30.5. The van der Waals surface area contributed by atoms with Crippen LogP contribution in [0.5, 0.6) is 57.5 Å². The Hall–Kier alpha value is -5.65. The Bertz CT molecular complexity index is 2110. The van der Waals surface area contributed by atoms with Crippen molar-refractivity contribution in [1.82, 2.24) is 0 Å². The molecule has 0 aliphatic carbocycles. The van der Waals surface area contributed by atoms with Gasteiger partial charge in [-0.25, -0.2) is 0 Å². The van der Waals surface area contributed by atoms with E-state index in [9.17, 15) is 55.9 Å². The van der Waals surface area contributed by atoms with Gasteiger partial charge < -0.3 is 74.7 Å². The van der Waals surface area contributed by atoms with Crippen LogP contribution < -0.4 is 18.9 Å². The SMILES string of the molecule is O=C1C[C@H](c2ccc(O)c(O)c2)Oc2c1c(O)cc1c2[C@@H]2CC(c3ccc(O)c(O)c3)(Oc3cc(O[C@@H]4O[C@H](CO)[C@@H](O)[C@H](O)[C@H]4O)cc(O)c32)O1. The highest BCUT2D eigenvalue weighted by molar-refractivity contribution is 6.03. The molecule has 1 fully saturated rings. The zero-order chi connectivity index (χ0) is 36.8. The summed E-state index contributed by atoms with van der Waals surface area (Å²) in [4.78, 5) is 13.6. The highest BCUT2D eigenvalue weighted by atomic mass is 16.7. The van der Waals surface area contributed by atoms with Crippen LogP contribution in [0.1, 0.15) is 57.5 Å². The van der Waals surface area contributed by atoms with Crippen molar-refractivity contribution in [2.45, 2.75) is 61.4 Å². The molecular formula is C36H32O16. The van der Waals surface area contributed by atoms with Gasteiger partial charge in [0.15, 0.2) is 28.8 Å². The second-order valence-corrected chi connectivity index (χ2v) is 13.1. The number of carbonyl (C=O) groups excluding carboxylic acids is 1. The lowest BCUT2D eigenvalue weighted by molar-refractivity contribution is -0.277. The van der Waals surface area contributed by atoms with Gasteiger partial charge in [0.25, 0.3) is 5.79 Å². The maximum atomic E-state index is 13.6. The third-order valence-electron chi connectivity index (χ3n) is 9.87. The minimum absolute atomic E-state index is 0.00577. The molecule has 4 heterocycles. The molecular weight excluding hydrogens is 688 g/mol. The highest BCUT2D eigenvalue weighted by Crippen LogP contribution is 2.62. The number of Topliss-reactive ketones (excluding diaryl/α,β-unsaturated/α-hetero) is 1. The third-order valence-corrected chi connectivity index (χ3v) is 9.87. The minimum atomic E-state index is -1.80. The fraction of sp³-hybridized carbons (Fsp3) is 0.306. The monoisotopic (exact) mass is 720 g/mol. The number of aliphatic hydroxyl groups is 4. The Balaban J connectivity index is 1.27. The molecule has 52 heavy (non-hydrogen) atoms. The second-order valence-electron chi connectivity index (χ2n) is 13.1. The van der Waals surface area contributed by atoms with E-state index in [-0.39, 0.29) is 63.8 Å². The topological polar surface area (TPSA) is 266 Å². The van der Waals surface area contributed by atoms with Gasteiger partial charge in [0.05, 0.1) is 13.0 Å². The number of ether oxygens (including phenoxy) is 5. The Labute approximate surface area is 293 Å². The van der Waals surface area contributed by atoms with E-state index in [0.717, 1.165) is 0 Å². The fourth-order valence-electron chi connectivity index (χ4n) is 7.29. The van der Waals surface area contributed by atoms with Crippen molar-refractivity contribution in [3.8, 4) is 57.5 Å². The lowest BCUT2D eigenvalue weighted by Crippen LogP contribution is -2.60. The Kier molecular flexibility index (Phi) is 7.70. The van der Waals surface area contributed by atoms with Crippen molar-refractivity contribution in [2.24, 2.45) is 0 Å². The number of ketones is 1. The lowest BCUT2D eigenvalue weighted by atomic mass is 9.76. The van der Waals surface area contributed by atoms with Crippen LogP contribution in [0.15, 0.2) is 54.6 Å². The molecule has 10 N–H and O–H groups in total. The summed E-state index contributed by atoms with van der Waals surface area (Å²) in [6.45, 7) is -0.705. The maximum Gasteiger partial charge on any atom is 0.279 e. The summed E-state index contributed by atoms with van der Waals surface area (Å²) in [5, 5.41) is 104. The van der Waals surface area contributed by atoms with Crippen molar-refractivity contribution in [3.63, 3.8) is 0 Å². The van der Waals surface area contributed by atoms with Gasteiger partial charge in [0.1, 0.15) is 70.6 Å². The van der Waals surface area contributed by atoms with Gasteiger partial charge >= 0.3 is 0 Å². The number of rotatable bonds is 5. The van der Waals surface area contributed by atoms with Crippen molar-refractivity contribution < 1.29 is 79.5 Å². The van der Waals surface area contributed by atoms with Gasteiger partial charge in [0.2, 0.25) is 6.29 Å². The first-order chi connectivity index (χ1) is 24.8. The molecule has 4 aliphatic heterocycles. The molecule has 4 aromatic rings. The van der Waals surface area contributed by atoms with E-state index in [1.807, 2.05) is 0 Å². The summed E-state index contributed by atoms with van der Waals surface area (Å²) >= 11 is 0. The van der Waals surface area contributed by atoms with Crippen LogP contribution in [0.4, 0.5) is 0 Å². The van der Waals surface area contributed by atoms with E-state index in [4.69, 9.17) is 23.7 Å². The summed E-state index contributed by atoms with van der Waals surface area (Å²) in [5.74, 6) is -6.08. The zero-order valence-corrected chi connectivity index (χ0v) is 26.8. The summed E-state index contributed by atoms with van der Waals surface area (Å²) in [5.41, 5.74) is 0.816. The van der Waals surface area contributed by atoms with E-state index in [1.54, 1.807) is 0 Å². The standard InChI is InChI=1S/C36H32O16/c37-12-27-31(45)32(46)33(47)35(50-27)48-15-7-21(42)28-16-11-36(51-25(28)8-15,14-2-4-18(39)20(41)6-14)52-26-10-23(44)30-22(43)9-24(49-34(30)29(16)26)13-1-3-17(38)19(40)5-13/h1-8,10,16,24,27,31-33,35,37-42,44-47H,9,11-12H2/t16-,24-,27-,31-,32+,33-,35-,36?/m1/s1. The molecule has 16 nitrogen and oxygen atoms in total. The summed E-state index contributed by atoms with van der Waals surface area (Å²) in [7, 11) is 0. The number of aromatic hydroxyl groups is 6. The van der Waals surface area contributed by atoms with Crippen molar-refractivity contribution in [2.75, 3.05) is 6.61 Å². The summed E-state index contributed by atoms with van der Waals surface area (Å²) in [6.07, 6.45) is -9.34. The zero-order valence-electron chi connectivity index (χ0n) is 26.8. The van der Waals surface area contributed by atoms with E-state index in [1.165, 1.54) is 54.6 Å². The maximum absolute atomic E-state index is 13.6. The molecule has 0 spiro atoms. The molecule has 2 bridgehead atoms. The van der Waals surface area contributed by atoms with Gasteiger partial charge in [-0.2, -0.15) is 0 Å². The van der Waals surface area contributed by atoms with Gasteiger partial charge in [-0.05, 0) is 35.9 Å². The molecule has 8 atom stereocenters. The first-order valence-corrected chi connectivity index (χ1v) is 16.1. The Morgan fingerprint density at radius 3 is 2.12 bits per heavy atom. The molecule has 16 heteroatoms. The Morgan fingerprint density at radius 2 is 1.42 bits per heavy atom. The summed E-state index contributed by atoms with van der Waals surface area (Å²) in [6, 6.07) is 11.5. The van der Waals surface area contributed by atoms with E-state index in [0.29, 0.717) is 5.56 Å². The van der Waals surface area contributed by atoms with Gasteiger partial charge in [-0.1, -0.05) is 6.07 Å². The first-order valence-electron chi connectivity index (χ1n) is 16.1.